The Labute approximate surface area is 154 Å². The molecular formula is C19H16ClNO5. The van der Waals surface area contributed by atoms with E-state index in [9.17, 15) is 24.9 Å². The highest BCUT2D eigenvalue weighted by atomic mass is 35.5. The maximum atomic E-state index is 12.6. The number of rotatable bonds is 4. The first-order chi connectivity index (χ1) is 12.4. The Bertz CT molecular complexity index is 874. The van der Waals surface area contributed by atoms with Crippen LogP contribution in [0.3, 0.4) is 0 Å². The summed E-state index contributed by atoms with van der Waals surface area (Å²) in [6.07, 6.45) is 0. The van der Waals surface area contributed by atoms with E-state index in [1.807, 2.05) is 0 Å². The first kappa shape index (κ1) is 18.0. The quantitative estimate of drug-likeness (QED) is 0.434. The fourth-order valence-corrected chi connectivity index (χ4v) is 3.11. The highest BCUT2D eigenvalue weighted by Crippen LogP contribution is 2.39. The Morgan fingerprint density at radius 3 is 2.23 bits per heavy atom. The average molecular weight is 374 g/mol. The Morgan fingerprint density at radius 1 is 1.04 bits per heavy atom. The van der Waals surface area contributed by atoms with Crippen LogP contribution >= 0.6 is 11.6 Å². The molecule has 6 nitrogen and oxygen atoms in total. The maximum absolute atomic E-state index is 12.6. The molecule has 1 saturated heterocycles. The lowest BCUT2D eigenvalue weighted by atomic mass is 9.95. The number of aliphatic hydroxyl groups excluding tert-OH is 2. The van der Waals surface area contributed by atoms with E-state index in [-0.39, 0.29) is 30.2 Å². The van der Waals surface area contributed by atoms with Gasteiger partial charge in [-0.1, -0.05) is 23.7 Å². The van der Waals surface area contributed by atoms with Crippen LogP contribution in [0.5, 0.6) is 5.75 Å². The molecular weight excluding hydrogens is 358 g/mol. The SMILES string of the molecule is O=C1C(=O)N(CCO)C(c2ccc(O)cc2)/C1=C(/O)c1ccc(Cl)cc1. The first-order valence-electron chi connectivity index (χ1n) is 7.88. The molecule has 1 aliphatic rings. The van der Waals surface area contributed by atoms with E-state index in [0.717, 1.165) is 0 Å². The summed E-state index contributed by atoms with van der Waals surface area (Å²) in [4.78, 5) is 26.2. The monoisotopic (exact) mass is 373 g/mol. The molecule has 0 aliphatic carbocycles. The fourth-order valence-electron chi connectivity index (χ4n) is 2.98. The Hall–Kier alpha value is -2.83. The molecule has 3 N–H and O–H groups in total. The third kappa shape index (κ3) is 3.16. The Balaban J connectivity index is 2.17. The fraction of sp³-hybridized carbons (Fsp3) is 0.158. The molecule has 0 saturated carbocycles. The number of likely N-dealkylation sites (tertiary alicyclic amines) is 1. The number of aliphatic hydroxyl groups is 2. The predicted molar refractivity (Wildman–Crippen MR) is 95.7 cm³/mol. The summed E-state index contributed by atoms with van der Waals surface area (Å²) in [7, 11) is 0. The molecule has 0 spiro atoms. The van der Waals surface area contributed by atoms with Crippen molar-refractivity contribution in [3.05, 3.63) is 70.3 Å². The second-order valence-corrected chi connectivity index (χ2v) is 6.25. The van der Waals surface area contributed by atoms with Crippen LogP contribution in [0.1, 0.15) is 17.2 Å². The number of phenols is 1. The molecule has 1 aliphatic heterocycles. The number of β-amino-alcohol motifs (C(OH)–C–C–N with tert-alkyl or cyclic N) is 1. The molecule has 0 aromatic heterocycles. The van der Waals surface area contributed by atoms with Gasteiger partial charge in [-0.25, -0.2) is 0 Å². The lowest BCUT2D eigenvalue weighted by Crippen LogP contribution is -2.32. The summed E-state index contributed by atoms with van der Waals surface area (Å²) in [6, 6.07) is 11.3. The van der Waals surface area contributed by atoms with E-state index in [0.29, 0.717) is 16.1 Å². The number of ketones is 1. The number of benzene rings is 2. The number of halogens is 1. The zero-order chi connectivity index (χ0) is 18.8. The largest absolute Gasteiger partial charge is 0.508 e. The Kier molecular flexibility index (Phi) is 4.97. The first-order valence-corrected chi connectivity index (χ1v) is 8.26. The van der Waals surface area contributed by atoms with Crippen molar-refractivity contribution >= 4 is 29.1 Å². The lowest BCUT2D eigenvalue weighted by Gasteiger charge is -2.24. The molecule has 1 heterocycles. The van der Waals surface area contributed by atoms with Crippen LogP contribution in [0.2, 0.25) is 5.02 Å². The molecule has 0 radical (unpaired) electrons. The van der Waals surface area contributed by atoms with Crippen LogP contribution in [0, 0.1) is 0 Å². The van der Waals surface area contributed by atoms with Crippen molar-refractivity contribution in [2.24, 2.45) is 0 Å². The highest BCUT2D eigenvalue weighted by molar-refractivity contribution is 6.46. The maximum Gasteiger partial charge on any atom is 0.295 e. The van der Waals surface area contributed by atoms with Gasteiger partial charge in [0.05, 0.1) is 18.2 Å². The third-order valence-electron chi connectivity index (χ3n) is 4.21. The number of nitrogens with zero attached hydrogens (tertiary/aromatic N) is 1. The zero-order valence-corrected chi connectivity index (χ0v) is 14.3. The van der Waals surface area contributed by atoms with Crippen molar-refractivity contribution in [3.63, 3.8) is 0 Å². The van der Waals surface area contributed by atoms with Crippen LogP contribution in [0.4, 0.5) is 0 Å². The van der Waals surface area contributed by atoms with Gasteiger partial charge in [0.2, 0.25) is 0 Å². The summed E-state index contributed by atoms with van der Waals surface area (Å²) < 4.78 is 0. The predicted octanol–water partition coefficient (Wildman–Crippen LogP) is 2.46. The van der Waals surface area contributed by atoms with E-state index >= 15 is 0 Å². The van der Waals surface area contributed by atoms with Crippen molar-refractivity contribution in [2.75, 3.05) is 13.2 Å². The van der Waals surface area contributed by atoms with Gasteiger partial charge >= 0.3 is 0 Å². The van der Waals surface area contributed by atoms with Crippen LogP contribution in [0.15, 0.2) is 54.1 Å². The molecule has 2 aromatic rings. The number of carbonyl (C=O) groups is 2. The van der Waals surface area contributed by atoms with Crippen molar-refractivity contribution in [2.45, 2.75) is 6.04 Å². The molecule has 7 heteroatoms. The van der Waals surface area contributed by atoms with Crippen LogP contribution < -0.4 is 0 Å². The summed E-state index contributed by atoms with van der Waals surface area (Å²) in [6.45, 7) is -0.393. The van der Waals surface area contributed by atoms with Crippen LogP contribution in [-0.4, -0.2) is 45.1 Å². The van der Waals surface area contributed by atoms with Crippen molar-refractivity contribution in [1.82, 2.24) is 4.90 Å². The number of hydrogen-bond acceptors (Lipinski definition) is 5. The summed E-state index contributed by atoms with van der Waals surface area (Å²) >= 11 is 5.85. The van der Waals surface area contributed by atoms with Crippen molar-refractivity contribution in [1.29, 1.82) is 0 Å². The highest BCUT2D eigenvalue weighted by Gasteiger charge is 2.45. The van der Waals surface area contributed by atoms with Gasteiger partial charge in [-0.3, -0.25) is 9.59 Å². The number of carbonyl (C=O) groups excluding carboxylic acids is 2. The van der Waals surface area contributed by atoms with Gasteiger partial charge in [0.25, 0.3) is 11.7 Å². The van der Waals surface area contributed by atoms with E-state index in [1.54, 1.807) is 36.4 Å². The van der Waals surface area contributed by atoms with E-state index in [1.165, 1.54) is 17.0 Å². The second-order valence-electron chi connectivity index (χ2n) is 5.81. The van der Waals surface area contributed by atoms with E-state index in [4.69, 9.17) is 11.6 Å². The number of aromatic hydroxyl groups is 1. The van der Waals surface area contributed by atoms with Gasteiger partial charge < -0.3 is 20.2 Å². The van der Waals surface area contributed by atoms with Gasteiger partial charge in [0.15, 0.2) is 0 Å². The number of amides is 1. The molecule has 26 heavy (non-hydrogen) atoms. The van der Waals surface area contributed by atoms with Gasteiger partial charge in [0.1, 0.15) is 11.5 Å². The Morgan fingerprint density at radius 2 is 1.65 bits per heavy atom. The minimum absolute atomic E-state index is 0.0329. The number of phenolic OH excluding ortho intramolecular Hbond substituents is 1. The number of Topliss-reactive ketones (excluding diaryl/α,β-unsaturated/α-hetero) is 1. The minimum Gasteiger partial charge on any atom is -0.508 e. The van der Waals surface area contributed by atoms with Crippen molar-refractivity contribution < 1.29 is 24.9 Å². The van der Waals surface area contributed by atoms with E-state index in [2.05, 4.69) is 0 Å². The molecule has 3 rings (SSSR count). The second kappa shape index (κ2) is 7.19. The smallest absolute Gasteiger partial charge is 0.295 e. The molecule has 1 unspecified atom stereocenters. The zero-order valence-electron chi connectivity index (χ0n) is 13.6. The normalized spacial score (nSPS) is 19.2. The molecule has 1 fully saturated rings. The molecule has 2 aromatic carbocycles. The molecule has 1 atom stereocenters. The summed E-state index contributed by atoms with van der Waals surface area (Å²) in [5, 5.41) is 29.9. The van der Waals surface area contributed by atoms with Gasteiger partial charge in [-0.05, 0) is 42.0 Å². The van der Waals surface area contributed by atoms with Gasteiger partial charge in [0, 0.05) is 17.1 Å². The lowest BCUT2D eigenvalue weighted by molar-refractivity contribution is -0.140. The molecule has 0 bridgehead atoms. The minimum atomic E-state index is -0.863. The number of hydrogen-bond donors (Lipinski definition) is 3. The third-order valence-corrected chi connectivity index (χ3v) is 4.46. The molecule has 134 valence electrons. The van der Waals surface area contributed by atoms with Crippen LogP contribution in [-0.2, 0) is 9.59 Å². The standard InChI is InChI=1S/C19H16ClNO5/c20-13-5-1-12(2-6-13)17(24)15-16(11-3-7-14(23)8-4-11)21(9-10-22)19(26)18(15)25/h1-8,16,22-24H,9-10H2/b17-15-. The summed E-state index contributed by atoms with van der Waals surface area (Å²) in [5.74, 6) is -1.92. The van der Waals surface area contributed by atoms with Crippen molar-refractivity contribution in [3.8, 4) is 5.75 Å². The van der Waals surface area contributed by atoms with Gasteiger partial charge in [-0.2, -0.15) is 0 Å². The van der Waals surface area contributed by atoms with Gasteiger partial charge in [-0.15, -0.1) is 0 Å². The molecule has 1 amide bonds. The van der Waals surface area contributed by atoms with E-state index < -0.39 is 17.7 Å². The average Bonchev–Trinajstić information content (AvgIpc) is 2.88. The summed E-state index contributed by atoms with van der Waals surface area (Å²) in [5.41, 5.74) is 0.808. The van der Waals surface area contributed by atoms with Crippen LogP contribution in [0.25, 0.3) is 5.76 Å². The topological polar surface area (TPSA) is 98.1 Å².